The predicted octanol–water partition coefficient (Wildman–Crippen LogP) is 1.37. The van der Waals surface area contributed by atoms with Gasteiger partial charge < -0.3 is 0 Å². The first-order valence-electron chi connectivity index (χ1n) is 2.75. The molecule has 0 aromatic heterocycles. The lowest BCUT2D eigenvalue weighted by molar-refractivity contribution is 0.514. The summed E-state index contributed by atoms with van der Waals surface area (Å²) in [5.74, 6) is 0.441. The second kappa shape index (κ2) is 3.39. The van der Waals surface area contributed by atoms with Crippen LogP contribution in [0, 0.1) is 5.92 Å². The van der Waals surface area contributed by atoms with Gasteiger partial charge in [-0.3, -0.25) is 0 Å². The Kier molecular flexibility index (Phi) is 3.13. The van der Waals surface area contributed by atoms with Crippen LogP contribution < -0.4 is 0 Å². The van der Waals surface area contributed by atoms with E-state index in [4.69, 9.17) is 0 Å². The molecule has 0 radical (unpaired) electrons. The molecule has 0 N–H and O–H groups in total. The molecule has 0 rings (SSSR count). The first-order valence-corrected chi connectivity index (χ1v) is 2.75. The maximum absolute atomic E-state index is 9.63. The summed E-state index contributed by atoms with van der Waals surface area (Å²) in [6, 6.07) is 0.118. The highest BCUT2D eigenvalue weighted by Gasteiger charge is 2.01. The van der Waals surface area contributed by atoms with Crippen LogP contribution in [0.3, 0.4) is 0 Å². The minimum absolute atomic E-state index is 0.118. The lowest BCUT2D eigenvalue weighted by Crippen LogP contribution is -2.05. The van der Waals surface area contributed by atoms with Crippen LogP contribution in [-0.4, -0.2) is 12.1 Å². The third kappa shape index (κ3) is 2.54. The van der Waals surface area contributed by atoms with E-state index in [0.29, 0.717) is 5.92 Å². The van der Waals surface area contributed by atoms with Gasteiger partial charge in [0, 0.05) is 0 Å². The van der Waals surface area contributed by atoms with E-state index in [1.165, 1.54) is 6.08 Å². The predicted molar refractivity (Wildman–Crippen MR) is 32.4 cm³/mol. The van der Waals surface area contributed by atoms with E-state index in [2.05, 4.69) is 4.99 Å². The summed E-state index contributed by atoms with van der Waals surface area (Å²) >= 11 is 0. The van der Waals surface area contributed by atoms with Crippen LogP contribution in [0.4, 0.5) is 0 Å². The number of carbonyl (C=O) groups excluding carboxylic acids is 1. The van der Waals surface area contributed by atoms with Crippen molar-refractivity contribution < 1.29 is 4.79 Å². The van der Waals surface area contributed by atoms with Gasteiger partial charge in [-0.2, -0.15) is 0 Å². The molecule has 0 aliphatic carbocycles. The molecule has 0 bridgehead atoms. The van der Waals surface area contributed by atoms with Crippen LogP contribution in [0.5, 0.6) is 0 Å². The van der Waals surface area contributed by atoms with Gasteiger partial charge in [-0.05, 0) is 12.8 Å². The fourth-order valence-electron chi connectivity index (χ4n) is 0.232. The average molecular weight is 113 g/mol. The van der Waals surface area contributed by atoms with Gasteiger partial charge >= 0.3 is 0 Å². The molecule has 0 unspecified atom stereocenters. The van der Waals surface area contributed by atoms with E-state index < -0.39 is 0 Å². The largest absolute Gasteiger partial charge is 0.235 e. The molecule has 0 saturated heterocycles. The molecule has 0 spiro atoms. The third-order valence-corrected chi connectivity index (χ3v) is 1.22. The van der Waals surface area contributed by atoms with Crippen LogP contribution in [0.15, 0.2) is 4.99 Å². The first-order chi connectivity index (χ1) is 3.68. The number of aliphatic imine (C=N–C) groups is 1. The summed E-state index contributed by atoms with van der Waals surface area (Å²) in [5.41, 5.74) is 0. The number of rotatable bonds is 2. The van der Waals surface area contributed by atoms with Crippen molar-refractivity contribution in [1.82, 2.24) is 0 Å². The van der Waals surface area contributed by atoms with Gasteiger partial charge in [-0.1, -0.05) is 13.8 Å². The van der Waals surface area contributed by atoms with E-state index in [1.807, 2.05) is 20.8 Å². The van der Waals surface area contributed by atoms with Gasteiger partial charge in [0.1, 0.15) is 0 Å². The van der Waals surface area contributed by atoms with Crippen molar-refractivity contribution in [2.75, 3.05) is 0 Å². The Morgan fingerprint density at radius 2 is 1.88 bits per heavy atom. The molecule has 0 aliphatic rings. The van der Waals surface area contributed by atoms with Gasteiger partial charge in [0.25, 0.3) is 0 Å². The van der Waals surface area contributed by atoms with E-state index in [-0.39, 0.29) is 6.04 Å². The fraction of sp³-hybridized carbons (Fsp3) is 0.833. The molecule has 0 aromatic carbocycles. The van der Waals surface area contributed by atoms with Crippen LogP contribution in [0.1, 0.15) is 20.8 Å². The Balaban J connectivity index is 3.63. The van der Waals surface area contributed by atoms with Crippen molar-refractivity contribution in [3.63, 3.8) is 0 Å². The molecule has 0 heterocycles. The van der Waals surface area contributed by atoms with Crippen LogP contribution in [0.25, 0.3) is 0 Å². The molecular weight excluding hydrogens is 102 g/mol. The maximum Gasteiger partial charge on any atom is 0.235 e. The smallest absolute Gasteiger partial charge is 0.211 e. The zero-order chi connectivity index (χ0) is 6.57. The highest BCUT2D eigenvalue weighted by Crippen LogP contribution is 2.02. The first kappa shape index (κ1) is 7.38. The number of hydrogen-bond donors (Lipinski definition) is 0. The van der Waals surface area contributed by atoms with Crippen molar-refractivity contribution in [1.29, 1.82) is 0 Å². The topological polar surface area (TPSA) is 29.4 Å². The summed E-state index contributed by atoms with van der Waals surface area (Å²) in [5, 5.41) is 0. The second-order valence-electron chi connectivity index (χ2n) is 2.21. The summed E-state index contributed by atoms with van der Waals surface area (Å²) < 4.78 is 0. The van der Waals surface area contributed by atoms with Crippen molar-refractivity contribution in [2.45, 2.75) is 26.8 Å². The standard InChI is InChI=1S/C6H11NO/c1-5(2)6(3)7-4-8/h5-6H,1-3H3/t6-/m0/s1. The molecule has 2 heteroatoms. The molecular formula is C6H11NO. The molecule has 0 aromatic rings. The zero-order valence-electron chi connectivity index (χ0n) is 5.51. The maximum atomic E-state index is 9.63. The van der Waals surface area contributed by atoms with E-state index in [1.54, 1.807) is 0 Å². The minimum atomic E-state index is 0.118. The number of nitrogens with zero attached hydrogens (tertiary/aromatic N) is 1. The van der Waals surface area contributed by atoms with E-state index in [9.17, 15) is 4.79 Å². The third-order valence-electron chi connectivity index (χ3n) is 1.22. The van der Waals surface area contributed by atoms with Gasteiger partial charge in [-0.25, -0.2) is 9.79 Å². The molecule has 0 saturated carbocycles. The van der Waals surface area contributed by atoms with Crippen LogP contribution >= 0.6 is 0 Å². The number of isocyanates is 1. The monoisotopic (exact) mass is 113 g/mol. The van der Waals surface area contributed by atoms with E-state index in [0.717, 1.165) is 0 Å². The lowest BCUT2D eigenvalue weighted by atomic mass is 10.1. The van der Waals surface area contributed by atoms with Gasteiger partial charge in [0.05, 0.1) is 6.04 Å². The molecule has 46 valence electrons. The summed E-state index contributed by atoms with van der Waals surface area (Å²) in [6.45, 7) is 5.94. The number of hydrogen-bond acceptors (Lipinski definition) is 2. The van der Waals surface area contributed by atoms with Crippen molar-refractivity contribution >= 4 is 6.08 Å². The Hall–Kier alpha value is -0.620. The van der Waals surface area contributed by atoms with Crippen LogP contribution in [-0.2, 0) is 4.79 Å². The fourth-order valence-corrected chi connectivity index (χ4v) is 0.232. The average Bonchev–Trinajstić information content (AvgIpc) is 1.67. The Morgan fingerprint density at radius 1 is 1.38 bits per heavy atom. The molecule has 0 aliphatic heterocycles. The Labute approximate surface area is 49.6 Å². The van der Waals surface area contributed by atoms with Gasteiger partial charge in [0.15, 0.2) is 0 Å². The quantitative estimate of drug-likeness (QED) is 0.393. The molecule has 0 fully saturated rings. The molecule has 8 heavy (non-hydrogen) atoms. The molecule has 1 atom stereocenters. The van der Waals surface area contributed by atoms with E-state index >= 15 is 0 Å². The van der Waals surface area contributed by atoms with Crippen molar-refractivity contribution in [3.05, 3.63) is 0 Å². The Bertz CT molecular complexity index is 103. The highest BCUT2D eigenvalue weighted by atomic mass is 16.1. The van der Waals surface area contributed by atoms with Crippen molar-refractivity contribution in [3.8, 4) is 0 Å². The SMILES string of the molecule is CC(C)[C@H](C)N=C=O. The second-order valence-corrected chi connectivity index (χ2v) is 2.21. The Morgan fingerprint density at radius 3 is 2.00 bits per heavy atom. The molecule has 0 amide bonds. The summed E-state index contributed by atoms with van der Waals surface area (Å²) in [6.07, 6.45) is 1.52. The minimum Gasteiger partial charge on any atom is -0.211 e. The molecule has 2 nitrogen and oxygen atoms in total. The van der Waals surface area contributed by atoms with Crippen molar-refractivity contribution in [2.24, 2.45) is 10.9 Å². The highest BCUT2D eigenvalue weighted by molar-refractivity contribution is 5.33. The van der Waals surface area contributed by atoms with Crippen LogP contribution in [0.2, 0.25) is 0 Å². The zero-order valence-corrected chi connectivity index (χ0v) is 5.51. The lowest BCUT2D eigenvalue weighted by Gasteiger charge is -2.05. The normalized spacial score (nSPS) is 13.0. The summed E-state index contributed by atoms with van der Waals surface area (Å²) in [7, 11) is 0. The van der Waals surface area contributed by atoms with Gasteiger partial charge in [-0.15, -0.1) is 0 Å². The summed E-state index contributed by atoms with van der Waals surface area (Å²) in [4.78, 5) is 13.1. The van der Waals surface area contributed by atoms with Gasteiger partial charge in [0.2, 0.25) is 6.08 Å².